The highest BCUT2D eigenvalue weighted by Crippen LogP contribution is 2.33. The van der Waals surface area contributed by atoms with Crippen LogP contribution in [-0.2, 0) is 0 Å². The summed E-state index contributed by atoms with van der Waals surface area (Å²) in [6, 6.07) is 6.70. The van der Waals surface area contributed by atoms with Gasteiger partial charge < -0.3 is 9.64 Å². The molecule has 1 aromatic carbocycles. The molecule has 0 atom stereocenters. The number of nitrogens with zero attached hydrogens (tertiary/aromatic N) is 1. The van der Waals surface area contributed by atoms with Gasteiger partial charge >= 0.3 is 0 Å². The summed E-state index contributed by atoms with van der Waals surface area (Å²) in [6.45, 7) is 11.5. The molecule has 0 radical (unpaired) electrons. The van der Waals surface area contributed by atoms with Gasteiger partial charge in [-0.2, -0.15) is 0 Å². The molecule has 0 spiro atoms. The Hall–Kier alpha value is -1.18. The molecule has 0 amide bonds. The second-order valence-corrected chi connectivity index (χ2v) is 6.65. The Morgan fingerprint density at radius 1 is 1.10 bits per heavy atom. The SMILES string of the molecule is COc1cc(N2CCC(C(C)C)CC2)ccc1C(C)C. The molecule has 1 heterocycles. The number of rotatable bonds is 4. The maximum atomic E-state index is 5.57. The van der Waals surface area contributed by atoms with E-state index >= 15 is 0 Å². The van der Waals surface area contributed by atoms with Crippen LogP contribution < -0.4 is 9.64 Å². The maximum Gasteiger partial charge on any atom is 0.124 e. The van der Waals surface area contributed by atoms with Crippen molar-refractivity contribution in [3.63, 3.8) is 0 Å². The number of hydrogen-bond acceptors (Lipinski definition) is 2. The molecule has 0 aliphatic carbocycles. The summed E-state index contributed by atoms with van der Waals surface area (Å²) in [6.07, 6.45) is 2.62. The van der Waals surface area contributed by atoms with Gasteiger partial charge in [-0.25, -0.2) is 0 Å². The van der Waals surface area contributed by atoms with Gasteiger partial charge in [0.1, 0.15) is 5.75 Å². The molecule has 0 saturated carbocycles. The highest BCUT2D eigenvalue weighted by molar-refractivity contribution is 5.54. The van der Waals surface area contributed by atoms with Gasteiger partial charge in [0, 0.05) is 24.8 Å². The number of ether oxygens (including phenoxy) is 1. The van der Waals surface area contributed by atoms with Gasteiger partial charge in [0.05, 0.1) is 7.11 Å². The van der Waals surface area contributed by atoms with Gasteiger partial charge in [-0.1, -0.05) is 33.8 Å². The summed E-state index contributed by atoms with van der Waals surface area (Å²) in [5.41, 5.74) is 2.61. The Bertz CT molecular complexity index is 431. The molecule has 1 aliphatic rings. The zero-order valence-corrected chi connectivity index (χ0v) is 13.6. The minimum Gasteiger partial charge on any atom is -0.496 e. The first-order valence-corrected chi connectivity index (χ1v) is 7.95. The molecule has 1 aromatic rings. The molecule has 1 saturated heterocycles. The van der Waals surface area contributed by atoms with E-state index in [0.717, 1.165) is 17.6 Å². The fraction of sp³-hybridized carbons (Fsp3) is 0.667. The fourth-order valence-electron chi connectivity index (χ4n) is 3.20. The van der Waals surface area contributed by atoms with Gasteiger partial charge in [-0.3, -0.25) is 0 Å². The Morgan fingerprint density at radius 3 is 2.25 bits per heavy atom. The molecule has 1 fully saturated rings. The monoisotopic (exact) mass is 275 g/mol. The van der Waals surface area contributed by atoms with E-state index in [2.05, 4.69) is 50.8 Å². The van der Waals surface area contributed by atoms with Crippen molar-refractivity contribution < 1.29 is 4.74 Å². The van der Waals surface area contributed by atoms with E-state index in [1.165, 1.54) is 37.2 Å². The molecular formula is C18H29NO. The molecule has 112 valence electrons. The lowest BCUT2D eigenvalue weighted by Gasteiger charge is -2.35. The second kappa shape index (κ2) is 6.51. The van der Waals surface area contributed by atoms with E-state index in [-0.39, 0.29) is 0 Å². The molecule has 2 heteroatoms. The number of benzene rings is 1. The van der Waals surface area contributed by atoms with E-state index in [0.29, 0.717) is 5.92 Å². The van der Waals surface area contributed by atoms with E-state index in [1.807, 2.05) is 0 Å². The van der Waals surface area contributed by atoms with Crippen molar-refractivity contribution >= 4 is 5.69 Å². The number of hydrogen-bond donors (Lipinski definition) is 0. The van der Waals surface area contributed by atoms with Crippen LogP contribution in [0.1, 0.15) is 52.0 Å². The van der Waals surface area contributed by atoms with Crippen LogP contribution in [0.5, 0.6) is 5.75 Å². The Kier molecular flexibility index (Phi) is 4.95. The highest BCUT2D eigenvalue weighted by atomic mass is 16.5. The molecule has 2 nitrogen and oxygen atoms in total. The van der Waals surface area contributed by atoms with E-state index in [1.54, 1.807) is 7.11 Å². The van der Waals surface area contributed by atoms with Crippen molar-refractivity contribution in [3.8, 4) is 5.75 Å². The van der Waals surface area contributed by atoms with Crippen LogP contribution in [0.4, 0.5) is 5.69 Å². The van der Waals surface area contributed by atoms with Crippen molar-refractivity contribution in [2.75, 3.05) is 25.1 Å². The number of anilines is 1. The highest BCUT2D eigenvalue weighted by Gasteiger charge is 2.22. The van der Waals surface area contributed by atoms with E-state index in [9.17, 15) is 0 Å². The summed E-state index contributed by atoms with van der Waals surface area (Å²) >= 11 is 0. The Labute approximate surface area is 124 Å². The van der Waals surface area contributed by atoms with Crippen LogP contribution in [0.2, 0.25) is 0 Å². The molecule has 2 rings (SSSR count). The lowest BCUT2D eigenvalue weighted by atomic mass is 9.86. The predicted octanol–water partition coefficient (Wildman–Crippen LogP) is 4.69. The van der Waals surface area contributed by atoms with Crippen LogP contribution in [-0.4, -0.2) is 20.2 Å². The van der Waals surface area contributed by atoms with E-state index < -0.39 is 0 Å². The molecule has 0 N–H and O–H groups in total. The fourth-order valence-corrected chi connectivity index (χ4v) is 3.20. The Morgan fingerprint density at radius 2 is 1.75 bits per heavy atom. The van der Waals surface area contributed by atoms with Crippen molar-refractivity contribution in [1.82, 2.24) is 0 Å². The van der Waals surface area contributed by atoms with Crippen LogP contribution in [0, 0.1) is 11.8 Å². The summed E-state index contributed by atoms with van der Waals surface area (Å²) in [5.74, 6) is 3.24. The van der Waals surface area contributed by atoms with Crippen LogP contribution in [0.25, 0.3) is 0 Å². The van der Waals surface area contributed by atoms with Crippen molar-refractivity contribution in [2.45, 2.75) is 46.5 Å². The standard InChI is InChI=1S/C18H29NO/c1-13(2)15-8-10-19(11-9-15)16-6-7-17(14(3)4)18(12-16)20-5/h6-7,12-15H,8-11H2,1-5H3. The zero-order chi connectivity index (χ0) is 14.7. The van der Waals surface area contributed by atoms with Crippen LogP contribution in [0.3, 0.4) is 0 Å². The zero-order valence-electron chi connectivity index (χ0n) is 13.6. The van der Waals surface area contributed by atoms with Crippen molar-refractivity contribution in [1.29, 1.82) is 0 Å². The maximum absolute atomic E-state index is 5.57. The molecule has 0 aromatic heterocycles. The summed E-state index contributed by atoms with van der Waals surface area (Å²) in [5, 5.41) is 0. The third-order valence-corrected chi connectivity index (χ3v) is 4.69. The van der Waals surface area contributed by atoms with Gasteiger partial charge in [0.25, 0.3) is 0 Å². The largest absolute Gasteiger partial charge is 0.496 e. The van der Waals surface area contributed by atoms with Crippen molar-refractivity contribution in [2.24, 2.45) is 11.8 Å². The first-order valence-electron chi connectivity index (χ1n) is 7.95. The molecule has 20 heavy (non-hydrogen) atoms. The molecule has 0 bridgehead atoms. The smallest absolute Gasteiger partial charge is 0.124 e. The molecule has 0 unspecified atom stereocenters. The van der Waals surface area contributed by atoms with Gasteiger partial charge in [0.15, 0.2) is 0 Å². The van der Waals surface area contributed by atoms with Crippen molar-refractivity contribution in [3.05, 3.63) is 23.8 Å². The number of methoxy groups -OCH3 is 1. The summed E-state index contributed by atoms with van der Waals surface area (Å²) < 4.78 is 5.57. The van der Waals surface area contributed by atoms with Crippen LogP contribution >= 0.6 is 0 Å². The summed E-state index contributed by atoms with van der Waals surface area (Å²) in [7, 11) is 1.77. The first kappa shape index (κ1) is 15.2. The van der Waals surface area contributed by atoms with Crippen LogP contribution in [0.15, 0.2) is 18.2 Å². The quantitative estimate of drug-likeness (QED) is 0.790. The first-order chi connectivity index (χ1) is 9.52. The number of piperidine rings is 1. The van der Waals surface area contributed by atoms with E-state index in [4.69, 9.17) is 4.74 Å². The normalized spacial score (nSPS) is 17.1. The lowest BCUT2D eigenvalue weighted by Crippen LogP contribution is -2.35. The average Bonchev–Trinajstić information content (AvgIpc) is 2.46. The Balaban J connectivity index is 2.10. The minimum atomic E-state index is 0.505. The predicted molar refractivity (Wildman–Crippen MR) is 86.9 cm³/mol. The summed E-state index contributed by atoms with van der Waals surface area (Å²) in [4.78, 5) is 2.51. The lowest BCUT2D eigenvalue weighted by molar-refractivity contribution is 0.311. The topological polar surface area (TPSA) is 12.5 Å². The third kappa shape index (κ3) is 3.28. The third-order valence-electron chi connectivity index (χ3n) is 4.69. The average molecular weight is 275 g/mol. The molecular weight excluding hydrogens is 246 g/mol. The van der Waals surface area contributed by atoms with Gasteiger partial charge in [0.2, 0.25) is 0 Å². The van der Waals surface area contributed by atoms with Gasteiger partial charge in [-0.05, 0) is 42.2 Å². The van der Waals surface area contributed by atoms with Gasteiger partial charge in [-0.15, -0.1) is 0 Å². The minimum absolute atomic E-state index is 0.505. The molecule has 1 aliphatic heterocycles. The second-order valence-electron chi connectivity index (χ2n) is 6.65.